The van der Waals surface area contributed by atoms with Crippen LogP contribution in [0, 0.1) is 13.8 Å². The molecule has 3 aromatic heterocycles. The van der Waals surface area contributed by atoms with Crippen LogP contribution in [0.25, 0.3) is 0 Å². The van der Waals surface area contributed by atoms with Crippen LogP contribution < -0.4 is 15.5 Å². The Hall–Kier alpha value is -2.95. The Morgan fingerprint density at radius 3 is 2.29 bits per heavy atom. The third-order valence-electron chi connectivity index (χ3n) is 5.09. The molecule has 0 atom stereocenters. The summed E-state index contributed by atoms with van der Waals surface area (Å²) in [5.41, 5.74) is 0.433. The maximum Gasteiger partial charge on any atom is 0.425 e. The molecule has 0 saturated carbocycles. The first-order valence-electron chi connectivity index (χ1n) is 9.75. The number of nitrogens with zero attached hydrogens (tertiary/aromatic N) is 6. The van der Waals surface area contributed by atoms with Crippen LogP contribution in [0.15, 0.2) is 35.1 Å². The van der Waals surface area contributed by atoms with Crippen molar-refractivity contribution in [2.75, 3.05) is 36.0 Å². The molecule has 31 heavy (non-hydrogen) atoms. The first-order valence-corrected chi connectivity index (χ1v) is 10.6. The molecule has 0 N–H and O–H groups in total. The van der Waals surface area contributed by atoms with E-state index in [1.807, 2.05) is 30.0 Å². The lowest BCUT2D eigenvalue weighted by Gasteiger charge is -2.35. The van der Waals surface area contributed by atoms with Crippen LogP contribution in [0.2, 0.25) is 0 Å². The Morgan fingerprint density at radius 2 is 1.68 bits per heavy atom. The zero-order valence-electron chi connectivity index (χ0n) is 17.1. The van der Waals surface area contributed by atoms with Crippen molar-refractivity contribution in [3.8, 4) is 0 Å². The maximum atomic E-state index is 12.8. The van der Waals surface area contributed by atoms with Crippen LogP contribution in [0.1, 0.15) is 21.3 Å². The molecule has 164 valence electrons. The Morgan fingerprint density at radius 1 is 0.968 bits per heavy atom. The average molecular weight is 450 g/mol. The highest BCUT2D eigenvalue weighted by atomic mass is 32.1. The molecule has 0 unspecified atom stereocenters. The van der Waals surface area contributed by atoms with Crippen molar-refractivity contribution in [3.63, 3.8) is 0 Å². The van der Waals surface area contributed by atoms with Gasteiger partial charge in [0.05, 0.1) is 6.54 Å². The van der Waals surface area contributed by atoms with Crippen LogP contribution >= 0.6 is 11.3 Å². The largest absolute Gasteiger partial charge is 0.425 e. The van der Waals surface area contributed by atoms with Gasteiger partial charge in [-0.25, -0.2) is 9.78 Å². The molecule has 0 aromatic carbocycles. The molecule has 3 aromatic rings. The number of anilines is 2. The fourth-order valence-corrected chi connectivity index (χ4v) is 4.31. The van der Waals surface area contributed by atoms with Gasteiger partial charge in [0.25, 0.3) is 0 Å². The average Bonchev–Trinajstić information content (AvgIpc) is 3.20. The topological polar surface area (TPSA) is 67.2 Å². The molecule has 1 saturated heterocycles. The quantitative estimate of drug-likeness (QED) is 0.609. The highest BCUT2D eigenvalue weighted by molar-refractivity contribution is 7.12. The van der Waals surface area contributed by atoms with E-state index in [0.717, 1.165) is 30.7 Å². The van der Waals surface area contributed by atoms with Crippen molar-refractivity contribution in [2.24, 2.45) is 0 Å². The van der Waals surface area contributed by atoms with Crippen LogP contribution in [-0.4, -0.2) is 45.7 Å². The third kappa shape index (κ3) is 4.71. The molecule has 0 spiro atoms. The minimum Gasteiger partial charge on any atom is -0.353 e. The second-order valence-corrected chi connectivity index (χ2v) is 8.48. The lowest BCUT2D eigenvalue weighted by atomic mass is 10.3. The third-order valence-corrected chi connectivity index (χ3v) is 6.21. The van der Waals surface area contributed by atoms with Crippen molar-refractivity contribution in [1.29, 1.82) is 0 Å². The van der Waals surface area contributed by atoms with Crippen LogP contribution in [0.3, 0.4) is 0 Å². The van der Waals surface area contributed by atoms with Crippen molar-refractivity contribution in [3.05, 3.63) is 62.1 Å². The van der Waals surface area contributed by atoms with Gasteiger partial charge in [-0.3, -0.25) is 4.57 Å². The van der Waals surface area contributed by atoms with E-state index in [1.54, 1.807) is 6.92 Å². The summed E-state index contributed by atoms with van der Waals surface area (Å²) >= 11 is 0.621. The summed E-state index contributed by atoms with van der Waals surface area (Å²) in [6.07, 6.45) is -4.39. The summed E-state index contributed by atoms with van der Waals surface area (Å²) in [5, 5.41) is 0. The van der Waals surface area contributed by atoms with Gasteiger partial charge in [-0.15, -0.1) is 11.3 Å². The highest BCUT2D eigenvalue weighted by Gasteiger charge is 2.32. The molecule has 4 heterocycles. The SMILES string of the molecule is Cc1cccc(N2CCN(c3nc(C)n(Cc4ccc(C(F)(F)F)s4)c(=O)n3)CC2)n1. The molecule has 1 aliphatic heterocycles. The molecule has 7 nitrogen and oxygen atoms in total. The molecular formula is C20H21F3N6OS. The first-order chi connectivity index (χ1) is 14.7. The van der Waals surface area contributed by atoms with Gasteiger partial charge < -0.3 is 9.80 Å². The Balaban J connectivity index is 1.46. The zero-order valence-corrected chi connectivity index (χ0v) is 17.9. The summed E-state index contributed by atoms with van der Waals surface area (Å²) in [6.45, 7) is 6.34. The summed E-state index contributed by atoms with van der Waals surface area (Å²) < 4.78 is 39.7. The van der Waals surface area contributed by atoms with E-state index < -0.39 is 16.7 Å². The van der Waals surface area contributed by atoms with Gasteiger partial charge in [0.2, 0.25) is 5.95 Å². The van der Waals surface area contributed by atoms with E-state index in [-0.39, 0.29) is 6.54 Å². The highest BCUT2D eigenvalue weighted by Crippen LogP contribution is 2.34. The lowest BCUT2D eigenvalue weighted by molar-refractivity contribution is -0.134. The predicted octanol–water partition coefficient (Wildman–Crippen LogP) is 3.11. The van der Waals surface area contributed by atoms with E-state index in [1.165, 1.54) is 10.6 Å². The van der Waals surface area contributed by atoms with E-state index >= 15 is 0 Å². The molecule has 0 aliphatic carbocycles. The van der Waals surface area contributed by atoms with Crippen LogP contribution in [0.5, 0.6) is 0 Å². The molecule has 11 heteroatoms. The zero-order chi connectivity index (χ0) is 22.2. The number of rotatable bonds is 4. The number of hydrogen-bond donors (Lipinski definition) is 0. The molecule has 0 bridgehead atoms. The molecule has 0 radical (unpaired) electrons. The lowest BCUT2D eigenvalue weighted by Crippen LogP contribution is -2.48. The summed E-state index contributed by atoms with van der Waals surface area (Å²) in [4.78, 5) is 29.5. The van der Waals surface area contributed by atoms with Crippen molar-refractivity contribution in [1.82, 2.24) is 19.5 Å². The number of aromatic nitrogens is 4. The fraction of sp³-hybridized carbons (Fsp3) is 0.400. The molecule has 1 aliphatic rings. The standard InChI is InChI=1S/C20H21F3N6OS/c1-13-4-3-5-17(24-13)27-8-10-28(11-9-27)18-25-14(2)29(19(30)26-18)12-15-6-7-16(31-15)20(21,22)23/h3-7H,8-12H2,1-2H3. The molecule has 1 fully saturated rings. The normalized spacial score (nSPS) is 14.9. The van der Waals surface area contributed by atoms with Gasteiger partial charge in [0.15, 0.2) is 0 Å². The Bertz CT molecular complexity index is 1130. The van der Waals surface area contributed by atoms with Gasteiger partial charge in [-0.1, -0.05) is 6.07 Å². The summed E-state index contributed by atoms with van der Waals surface area (Å²) in [6, 6.07) is 8.30. The van der Waals surface area contributed by atoms with Crippen LogP contribution in [0.4, 0.5) is 24.9 Å². The summed E-state index contributed by atoms with van der Waals surface area (Å²) in [5.74, 6) is 1.68. The number of alkyl halides is 3. The molecule has 4 rings (SSSR count). The van der Waals surface area contributed by atoms with Gasteiger partial charge in [0, 0.05) is 36.8 Å². The van der Waals surface area contributed by atoms with Gasteiger partial charge in [0.1, 0.15) is 16.5 Å². The Kier molecular flexibility index (Phi) is 5.69. The van der Waals surface area contributed by atoms with E-state index in [9.17, 15) is 18.0 Å². The smallest absolute Gasteiger partial charge is 0.353 e. The van der Waals surface area contributed by atoms with Gasteiger partial charge >= 0.3 is 11.9 Å². The van der Waals surface area contributed by atoms with E-state index in [0.29, 0.717) is 41.1 Å². The Labute approximate surface area is 180 Å². The van der Waals surface area contributed by atoms with Crippen molar-refractivity contribution >= 4 is 23.1 Å². The van der Waals surface area contributed by atoms with E-state index in [2.05, 4.69) is 19.9 Å². The maximum absolute atomic E-state index is 12.8. The van der Waals surface area contributed by atoms with E-state index in [4.69, 9.17) is 0 Å². The van der Waals surface area contributed by atoms with Gasteiger partial charge in [-0.05, 0) is 38.1 Å². The number of hydrogen-bond acceptors (Lipinski definition) is 7. The van der Waals surface area contributed by atoms with Crippen LogP contribution in [-0.2, 0) is 12.7 Å². The minimum atomic E-state index is -4.39. The number of piperazine rings is 1. The van der Waals surface area contributed by atoms with Crippen molar-refractivity contribution < 1.29 is 13.2 Å². The van der Waals surface area contributed by atoms with Crippen molar-refractivity contribution in [2.45, 2.75) is 26.6 Å². The second-order valence-electron chi connectivity index (χ2n) is 7.31. The minimum absolute atomic E-state index is 0.0124. The molecular weight excluding hydrogens is 429 g/mol. The number of thiophene rings is 1. The fourth-order valence-electron chi connectivity index (χ4n) is 3.45. The number of pyridine rings is 1. The van der Waals surface area contributed by atoms with Gasteiger partial charge in [-0.2, -0.15) is 23.1 Å². The summed E-state index contributed by atoms with van der Waals surface area (Å²) in [7, 11) is 0. The predicted molar refractivity (Wildman–Crippen MR) is 113 cm³/mol. The first kappa shape index (κ1) is 21.3. The number of halogens is 3. The monoisotopic (exact) mass is 450 g/mol. The number of aryl methyl sites for hydroxylation is 2. The molecule has 0 amide bonds. The second kappa shape index (κ2) is 8.29.